The molecule has 0 spiro atoms. The Morgan fingerprint density at radius 1 is 0.504 bits per heavy atom. The Morgan fingerprint density at radius 3 is 1.48 bits per heavy atom. The molecule has 10 rings (SSSR count). The first kappa shape index (κ1) is 96.6. The molecule has 7 aromatic rings. The van der Waals surface area contributed by atoms with Gasteiger partial charge in [0.15, 0.2) is 5.78 Å². The van der Waals surface area contributed by atoms with Crippen molar-refractivity contribution in [3.63, 3.8) is 0 Å². The highest BCUT2D eigenvalue weighted by molar-refractivity contribution is 14.1. The topological polar surface area (TPSA) is 204 Å². The Labute approximate surface area is 709 Å². The zero-order valence-electron chi connectivity index (χ0n) is 71.6. The van der Waals surface area contributed by atoms with Crippen LogP contribution in [0.5, 0.6) is 40.2 Å². The van der Waals surface area contributed by atoms with Crippen LogP contribution in [0.1, 0.15) is 165 Å². The molecule has 636 valence electrons. The molecule has 1 unspecified atom stereocenters. The smallest absolute Gasteiger partial charge is 0.334 e. The highest BCUT2D eigenvalue weighted by Gasteiger charge is 2.41. The number of methoxy groups -OCH3 is 6. The molecule has 0 aliphatic carbocycles. The van der Waals surface area contributed by atoms with E-state index in [1.54, 1.807) is 56.5 Å². The summed E-state index contributed by atoms with van der Waals surface area (Å²) in [7, 11) is 9.95. The number of hydrogen-bond donors (Lipinski definition) is 0. The van der Waals surface area contributed by atoms with Gasteiger partial charge in [0.05, 0.1) is 79.1 Å². The minimum absolute atomic E-state index is 0.00726. The average molecular weight is 1720 g/mol. The molecular formula is C96H127IN2O18. The van der Waals surface area contributed by atoms with E-state index in [0.29, 0.717) is 97.0 Å². The zero-order chi connectivity index (χ0) is 84.7. The Balaban J connectivity index is 0.000000236. The number of hydrogen-bond acceptors (Lipinski definition) is 20. The summed E-state index contributed by atoms with van der Waals surface area (Å²) in [5.41, 5.74) is 8.66. The number of esters is 2. The highest BCUT2D eigenvalue weighted by atomic mass is 127. The lowest BCUT2D eigenvalue weighted by Crippen LogP contribution is -2.49. The molecule has 3 heterocycles. The lowest BCUT2D eigenvalue weighted by molar-refractivity contribution is -0.158. The number of ether oxygens (including phenoxy) is 14. The summed E-state index contributed by atoms with van der Waals surface area (Å²) in [5.74, 6) is 6.43. The predicted molar refractivity (Wildman–Crippen MR) is 469 cm³/mol. The van der Waals surface area contributed by atoms with Crippen LogP contribution in [0.25, 0.3) is 0 Å². The predicted octanol–water partition coefficient (Wildman–Crippen LogP) is 19.5. The van der Waals surface area contributed by atoms with Gasteiger partial charge in [-0.1, -0.05) is 112 Å². The molecule has 2 fully saturated rings. The number of rotatable bonds is 39. The molecule has 0 amide bonds. The third kappa shape index (κ3) is 33.2. The number of Topliss-reactive ketones (excluding diaryl/α,β-unsaturated/α-hetero) is 2. The van der Waals surface area contributed by atoms with Crippen LogP contribution in [0.4, 0.5) is 0 Å². The van der Waals surface area contributed by atoms with Crippen molar-refractivity contribution in [2.24, 2.45) is 11.8 Å². The van der Waals surface area contributed by atoms with E-state index in [4.69, 9.17) is 66.3 Å². The molecule has 2 saturated heterocycles. The van der Waals surface area contributed by atoms with Crippen LogP contribution >= 0.6 is 22.6 Å². The van der Waals surface area contributed by atoms with Crippen LogP contribution < -0.4 is 33.2 Å². The van der Waals surface area contributed by atoms with Crippen molar-refractivity contribution in [3.05, 3.63) is 242 Å². The van der Waals surface area contributed by atoms with E-state index in [1.807, 2.05) is 149 Å². The van der Waals surface area contributed by atoms with Crippen molar-refractivity contribution in [3.8, 4) is 40.2 Å². The Bertz CT molecular complexity index is 4130. The van der Waals surface area contributed by atoms with E-state index < -0.39 is 0 Å². The number of likely N-dealkylation sites (tertiary alicyclic amines) is 1. The number of benzene rings is 7. The van der Waals surface area contributed by atoms with E-state index in [1.165, 1.54) is 20.8 Å². The number of nitrogens with zero attached hydrogens (tertiary/aromatic N) is 2. The lowest BCUT2D eigenvalue weighted by atomic mass is 9.73. The first-order valence-corrected chi connectivity index (χ1v) is 42.0. The molecular weight excluding hydrogens is 1600 g/mol. The van der Waals surface area contributed by atoms with Gasteiger partial charge < -0.3 is 71.2 Å². The molecule has 117 heavy (non-hydrogen) atoms. The van der Waals surface area contributed by atoms with E-state index in [0.717, 1.165) is 132 Å². The van der Waals surface area contributed by atoms with Gasteiger partial charge in [0.1, 0.15) is 78.2 Å². The third-order valence-corrected chi connectivity index (χ3v) is 20.8. The second-order valence-electron chi connectivity index (χ2n) is 28.5. The summed E-state index contributed by atoms with van der Waals surface area (Å²) in [6.45, 7) is 26.2. The van der Waals surface area contributed by atoms with Crippen molar-refractivity contribution in [1.29, 1.82) is 0 Å². The van der Waals surface area contributed by atoms with Gasteiger partial charge in [0.2, 0.25) is 0 Å². The van der Waals surface area contributed by atoms with Crippen LogP contribution in [0, 0.1) is 15.4 Å². The molecule has 0 saturated carbocycles. The maximum atomic E-state index is 13.3. The van der Waals surface area contributed by atoms with Gasteiger partial charge in [-0.2, -0.15) is 0 Å². The molecule has 3 aliphatic heterocycles. The second-order valence-corrected chi connectivity index (χ2v) is 29.7. The first-order chi connectivity index (χ1) is 56.8. The van der Waals surface area contributed by atoms with Gasteiger partial charge >= 0.3 is 11.9 Å². The van der Waals surface area contributed by atoms with Crippen LogP contribution in [0.15, 0.2) is 205 Å². The van der Waals surface area contributed by atoms with Gasteiger partial charge in [0, 0.05) is 98.7 Å². The quantitative estimate of drug-likeness (QED) is 0.0115. The fourth-order valence-corrected chi connectivity index (χ4v) is 14.5. The maximum Gasteiger partial charge on any atom is 0.334 e. The van der Waals surface area contributed by atoms with Crippen LogP contribution in [0.3, 0.4) is 0 Å². The Hall–Kier alpha value is -9.23. The zero-order valence-corrected chi connectivity index (χ0v) is 73.8. The fraction of sp³-hybridized carbons (Fsp3) is 0.458. The van der Waals surface area contributed by atoms with Gasteiger partial charge in [0.25, 0.3) is 0 Å². The van der Waals surface area contributed by atoms with Crippen molar-refractivity contribution >= 4 is 46.1 Å². The van der Waals surface area contributed by atoms with Crippen molar-refractivity contribution in [1.82, 2.24) is 9.80 Å². The number of unbranched alkanes of at least 4 members (excludes halogenated alkanes) is 1. The Kier molecular flexibility index (Phi) is 45.2. The third-order valence-electron chi connectivity index (χ3n) is 20.1. The summed E-state index contributed by atoms with van der Waals surface area (Å²) in [6, 6.07) is 56.4. The van der Waals surface area contributed by atoms with E-state index in [2.05, 4.69) is 114 Å². The molecule has 0 bridgehead atoms. The van der Waals surface area contributed by atoms with Gasteiger partial charge in [-0.15, -0.1) is 0 Å². The maximum absolute atomic E-state index is 13.3. The normalized spacial score (nSPS) is 17.6. The van der Waals surface area contributed by atoms with E-state index in [9.17, 15) is 19.2 Å². The van der Waals surface area contributed by atoms with Gasteiger partial charge in [-0.05, 0) is 233 Å². The van der Waals surface area contributed by atoms with Crippen molar-refractivity contribution < 1.29 is 85.5 Å². The summed E-state index contributed by atoms with van der Waals surface area (Å²) in [6.07, 6.45) is 12.3. The molecule has 0 N–H and O–H groups in total. The first-order valence-electron chi connectivity index (χ1n) is 40.9. The van der Waals surface area contributed by atoms with Crippen molar-refractivity contribution in [2.75, 3.05) is 115 Å². The fourth-order valence-electron chi connectivity index (χ4n) is 14.0. The SMILES string of the molecule is CCCC(=O)C1=C(C)N(Cc2ccc(OC)cc2)C=CC1c1cccc(OCCOC)c1.CCCCOc1cccc([C@H]2CCN(Cc3ccc(OC)cc3)[C@@H](C)[C@H]2C(=O)CCC)c1.CCOC(=O)/C=C(/C)OCc1ccc(OC)cc1.CCOC(=O)[C@@H]1[C@H](C)OCC[C@@H]1c1cccc(OCCOC)c1.COCCOc1cccc(I)c1. The van der Waals surface area contributed by atoms with Crippen LogP contribution in [0.2, 0.25) is 0 Å². The Morgan fingerprint density at radius 2 is 0.983 bits per heavy atom. The van der Waals surface area contributed by atoms with Gasteiger partial charge in [-0.25, -0.2) is 4.79 Å². The molecule has 21 heteroatoms. The van der Waals surface area contributed by atoms with Crippen molar-refractivity contribution in [2.45, 2.75) is 163 Å². The average Bonchev–Trinajstić information content (AvgIpc) is 0.792. The number of halogens is 1. The standard InChI is InChI=1S/C28H39NO3.C27H33NO4.C18H26O5.C14H18O4.C9H11IO2/c1-5-7-18-32-25-11-8-10-23(19-25)26-16-17-29(21(3)28(26)27(30)9-6-2)20-22-12-14-24(31-4)15-13-22;1-5-7-26(29)27-20(2)28(19-21-10-12-23(31-4)13-11-21)15-14-25(27)22-8-6-9-24(18-22)32-17-16-30-3;1-4-21-18(19)17-13(2)22-9-8-16(17)14-6-5-7-15(12-14)23-11-10-20-3;1-4-17-14(15)9-11(2)18-10-12-5-7-13(16-3)8-6-12;1-11-5-6-12-9-4-2-3-8(10)7-9/h8,10-15,19,21,26,28H,5-7,9,16-18,20H2,1-4H3;6,8-15,18,25H,5,7,16-17,19H2,1-4H3;5-7,12-13,16-17H,4,8-11H2,1-3H3;5-9H,4,10H2,1-3H3;2-4,7H,5-6H2,1H3/b;;;11-9-;/t21-,26+,28+;;13-,16+,17+;;/m0.0../s1. The number of carbonyl (C=O) groups is 4. The summed E-state index contributed by atoms with van der Waals surface area (Å²) >= 11 is 2.26. The molecule has 7 aromatic carbocycles. The summed E-state index contributed by atoms with van der Waals surface area (Å²) in [5, 5.41) is 0. The second kappa shape index (κ2) is 54.7. The largest absolute Gasteiger partial charge is 0.497 e. The number of allylic oxidation sites excluding steroid dienone is 4. The number of carbonyl (C=O) groups excluding carboxylic acids is 4. The minimum Gasteiger partial charge on any atom is -0.497 e. The number of ketones is 2. The lowest BCUT2D eigenvalue weighted by Gasteiger charge is -2.44. The molecule has 0 aromatic heterocycles. The van der Waals surface area contributed by atoms with Gasteiger partial charge in [-0.3, -0.25) is 19.3 Å². The highest BCUT2D eigenvalue weighted by Crippen LogP contribution is 2.42. The van der Waals surface area contributed by atoms with E-state index >= 15 is 0 Å². The van der Waals surface area contributed by atoms with Crippen LogP contribution in [-0.2, 0) is 72.0 Å². The van der Waals surface area contributed by atoms with E-state index in [-0.39, 0.29) is 59.5 Å². The summed E-state index contributed by atoms with van der Waals surface area (Å²) < 4.78 is 75.7. The number of piperidine rings is 1. The molecule has 20 nitrogen and oxygen atoms in total. The molecule has 7 atom stereocenters. The molecule has 0 radical (unpaired) electrons. The van der Waals surface area contributed by atoms with Crippen LogP contribution in [-0.4, -0.2) is 161 Å². The monoisotopic (exact) mass is 1720 g/mol. The molecule has 3 aliphatic rings. The summed E-state index contributed by atoms with van der Waals surface area (Å²) in [4.78, 5) is 54.6. The minimum atomic E-state index is -0.385.